The Hall–Kier alpha value is -3.05. The third kappa shape index (κ3) is 5.72. The number of carbonyl (C=O) groups excluding carboxylic acids is 1. The van der Waals surface area contributed by atoms with E-state index in [1.54, 1.807) is 7.11 Å². The molecule has 0 radical (unpaired) electrons. The molecule has 146 valence electrons. The predicted octanol–water partition coefficient (Wildman–Crippen LogP) is 4.66. The molecule has 0 heterocycles. The average molecular weight is 379 g/mol. The first-order valence-electron chi connectivity index (χ1n) is 9.38. The average Bonchev–Trinajstić information content (AvgIpc) is 2.73. The van der Waals surface area contributed by atoms with Crippen molar-refractivity contribution >= 4 is 22.4 Å². The van der Waals surface area contributed by atoms with Crippen LogP contribution in [0, 0.1) is 0 Å². The summed E-state index contributed by atoms with van der Waals surface area (Å²) in [5, 5.41) is 5.12. The van der Waals surface area contributed by atoms with E-state index in [4.69, 9.17) is 14.2 Å². The molecule has 3 rings (SSSR count). The summed E-state index contributed by atoms with van der Waals surface area (Å²) < 4.78 is 16.3. The van der Waals surface area contributed by atoms with Gasteiger partial charge < -0.3 is 19.5 Å². The first-order chi connectivity index (χ1) is 13.8. The second kappa shape index (κ2) is 10.3. The van der Waals surface area contributed by atoms with Crippen molar-refractivity contribution in [3.8, 4) is 11.5 Å². The van der Waals surface area contributed by atoms with Gasteiger partial charge in [0.2, 0.25) is 5.91 Å². The molecule has 3 aromatic rings. The third-order valence-corrected chi connectivity index (χ3v) is 4.25. The Morgan fingerprint density at radius 1 is 0.857 bits per heavy atom. The summed E-state index contributed by atoms with van der Waals surface area (Å²) in [6, 6.07) is 21.4. The highest BCUT2D eigenvalue weighted by molar-refractivity contribution is 5.90. The van der Waals surface area contributed by atoms with E-state index >= 15 is 0 Å². The van der Waals surface area contributed by atoms with Gasteiger partial charge >= 0.3 is 0 Å². The Balaban J connectivity index is 1.41. The minimum Gasteiger partial charge on any atom is -0.493 e. The Morgan fingerprint density at radius 3 is 2.46 bits per heavy atom. The lowest BCUT2D eigenvalue weighted by atomic mass is 10.1. The van der Waals surface area contributed by atoms with E-state index < -0.39 is 0 Å². The number of nitrogens with one attached hydrogen (secondary N) is 1. The van der Waals surface area contributed by atoms with E-state index in [1.807, 2.05) is 54.6 Å². The molecule has 0 aliphatic heterocycles. The summed E-state index contributed by atoms with van der Waals surface area (Å²) in [7, 11) is 1.63. The number of amides is 1. The van der Waals surface area contributed by atoms with Gasteiger partial charge in [0, 0.05) is 24.6 Å². The summed E-state index contributed by atoms with van der Waals surface area (Å²) in [4.78, 5) is 12.1. The lowest BCUT2D eigenvalue weighted by Gasteiger charge is -2.10. The fourth-order valence-corrected chi connectivity index (χ4v) is 2.84. The SMILES string of the molecule is COCCOc1ccc(NC(=O)CCCOc2cccc3ccccc23)cc1. The molecule has 0 fully saturated rings. The Bertz CT molecular complexity index is 887. The molecule has 5 heteroatoms. The van der Waals surface area contributed by atoms with Crippen molar-refractivity contribution in [1.29, 1.82) is 0 Å². The van der Waals surface area contributed by atoms with Gasteiger partial charge in [-0.1, -0.05) is 36.4 Å². The maximum atomic E-state index is 12.1. The number of hydrogen-bond donors (Lipinski definition) is 1. The Labute approximate surface area is 165 Å². The van der Waals surface area contributed by atoms with E-state index in [1.165, 1.54) is 0 Å². The number of hydrogen-bond acceptors (Lipinski definition) is 4. The monoisotopic (exact) mass is 379 g/mol. The van der Waals surface area contributed by atoms with Crippen LogP contribution in [0.1, 0.15) is 12.8 Å². The number of ether oxygens (including phenoxy) is 3. The number of methoxy groups -OCH3 is 1. The number of benzene rings is 3. The maximum Gasteiger partial charge on any atom is 0.224 e. The zero-order valence-electron chi connectivity index (χ0n) is 16.0. The van der Waals surface area contributed by atoms with Crippen LogP contribution in [0.2, 0.25) is 0 Å². The number of carbonyl (C=O) groups is 1. The predicted molar refractivity (Wildman–Crippen MR) is 111 cm³/mol. The minimum absolute atomic E-state index is 0.0328. The fourth-order valence-electron chi connectivity index (χ4n) is 2.84. The van der Waals surface area contributed by atoms with Crippen molar-refractivity contribution in [3.63, 3.8) is 0 Å². The standard InChI is InChI=1S/C23H25NO4/c1-26-16-17-27-20-13-11-19(12-14-20)24-23(25)10-5-15-28-22-9-4-7-18-6-2-3-8-21(18)22/h2-4,6-9,11-14H,5,10,15-17H2,1H3,(H,24,25). The molecule has 0 atom stereocenters. The van der Waals surface area contributed by atoms with Gasteiger partial charge in [0.1, 0.15) is 18.1 Å². The van der Waals surface area contributed by atoms with Crippen LogP contribution in [0.25, 0.3) is 10.8 Å². The smallest absolute Gasteiger partial charge is 0.224 e. The summed E-state index contributed by atoms with van der Waals surface area (Å²) in [5.41, 5.74) is 0.749. The topological polar surface area (TPSA) is 56.8 Å². The minimum atomic E-state index is -0.0328. The number of rotatable bonds is 10. The van der Waals surface area contributed by atoms with Gasteiger partial charge in [-0.25, -0.2) is 0 Å². The molecule has 1 amide bonds. The third-order valence-electron chi connectivity index (χ3n) is 4.25. The molecule has 0 unspecified atom stereocenters. The quantitative estimate of drug-likeness (QED) is 0.521. The van der Waals surface area contributed by atoms with Crippen LogP contribution in [0.3, 0.4) is 0 Å². The zero-order chi connectivity index (χ0) is 19.6. The lowest BCUT2D eigenvalue weighted by Crippen LogP contribution is -2.12. The molecular weight excluding hydrogens is 354 g/mol. The molecule has 0 spiro atoms. The molecule has 0 aromatic heterocycles. The van der Waals surface area contributed by atoms with Crippen LogP contribution in [-0.4, -0.2) is 32.8 Å². The molecular formula is C23H25NO4. The van der Waals surface area contributed by atoms with Gasteiger partial charge in [-0.3, -0.25) is 4.79 Å². The highest BCUT2D eigenvalue weighted by Crippen LogP contribution is 2.25. The van der Waals surface area contributed by atoms with Crippen LogP contribution in [0.5, 0.6) is 11.5 Å². The summed E-state index contributed by atoms with van der Waals surface area (Å²) in [5.74, 6) is 1.57. The van der Waals surface area contributed by atoms with Crippen LogP contribution in [-0.2, 0) is 9.53 Å². The van der Waals surface area contributed by atoms with E-state index in [0.717, 1.165) is 28.0 Å². The van der Waals surface area contributed by atoms with E-state index in [0.29, 0.717) is 32.7 Å². The zero-order valence-corrected chi connectivity index (χ0v) is 16.0. The van der Waals surface area contributed by atoms with E-state index in [9.17, 15) is 4.79 Å². The van der Waals surface area contributed by atoms with Gasteiger partial charge in [0.15, 0.2) is 0 Å². The summed E-state index contributed by atoms with van der Waals surface area (Å²) in [6.07, 6.45) is 1.05. The van der Waals surface area contributed by atoms with Gasteiger partial charge in [-0.2, -0.15) is 0 Å². The highest BCUT2D eigenvalue weighted by atomic mass is 16.5. The van der Waals surface area contributed by atoms with Crippen molar-refractivity contribution in [3.05, 3.63) is 66.7 Å². The first kappa shape index (κ1) is 19.7. The largest absolute Gasteiger partial charge is 0.493 e. The van der Waals surface area contributed by atoms with Crippen LogP contribution < -0.4 is 14.8 Å². The molecule has 1 N–H and O–H groups in total. The Kier molecular flexibility index (Phi) is 7.27. The van der Waals surface area contributed by atoms with Crippen LogP contribution >= 0.6 is 0 Å². The molecule has 5 nitrogen and oxygen atoms in total. The van der Waals surface area contributed by atoms with Crippen molar-refractivity contribution in [2.75, 3.05) is 32.2 Å². The summed E-state index contributed by atoms with van der Waals surface area (Å²) in [6.45, 7) is 1.53. The van der Waals surface area contributed by atoms with Crippen LogP contribution in [0.15, 0.2) is 66.7 Å². The second-order valence-electron chi connectivity index (χ2n) is 6.34. The van der Waals surface area contributed by atoms with Crippen molar-refractivity contribution in [1.82, 2.24) is 0 Å². The number of fused-ring (bicyclic) bond motifs is 1. The molecule has 0 aliphatic carbocycles. The van der Waals surface area contributed by atoms with E-state index in [-0.39, 0.29) is 5.91 Å². The molecule has 0 saturated carbocycles. The maximum absolute atomic E-state index is 12.1. The number of anilines is 1. The Morgan fingerprint density at radius 2 is 1.64 bits per heavy atom. The van der Waals surface area contributed by atoms with E-state index in [2.05, 4.69) is 17.4 Å². The van der Waals surface area contributed by atoms with Gasteiger partial charge in [0.05, 0.1) is 13.2 Å². The van der Waals surface area contributed by atoms with Crippen molar-refractivity contribution in [2.24, 2.45) is 0 Å². The molecule has 3 aromatic carbocycles. The second-order valence-corrected chi connectivity index (χ2v) is 6.34. The normalized spacial score (nSPS) is 10.6. The fraction of sp³-hybridized carbons (Fsp3) is 0.261. The molecule has 28 heavy (non-hydrogen) atoms. The highest BCUT2D eigenvalue weighted by Gasteiger charge is 2.05. The lowest BCUT2D eigenvalue weighted by molar-refractivity contribution is -0.116. The molecule has 0 bridgehead atoms. The summed E-state index contributed by atoms with van der Waals surface area (Å²) >= 11 is 0. The van der Waals surface area contributed by atoms with Gasteiger partial charge in [-0.15, -0.1) is 0 Å². The van der Waals surface area contributed by atoms with Crippen LogP contribution in [0.4, 0.5) is 5.69 Å². The van der Waals surface area contributed by atoms with Gasteiger partial charge in [-0.05, 0) is 42.1 Å². The van der Waals surface area contributed by atoms with Crippen molar-refractivity contribution in [2.45, 2.75) is 12.8 Å². The van der Waals surface area contributed by atoms with Gasteiger partial charge in [0.25, 0.3) is 0 Å². The first-order valence-corrected chi connectivity index (χ1v) is 9.38. The van der Waals surface area contributed by atoms with Crippen molar-refractivity contribution < 1.29 is 19.0 Å². The molecule has 0 aliphatic rings. The molecule has 0 saturated heterocycles.